The van der Waals surface area contributed by atoms with Crippen molar-refractivity contribution in [3.63, 3.8) is 0 Å². The molecule has 2 aliphatic rings. The first kappa shape index (κ1) is 20.1. The monoisotopic (exact) mass is 432 g/mol. The molecule has 0 bridgehead atoms. The van der Waals surface area contributed by atoms with E-state index in [-0.39, 0.29) is 18.5 Å². The predicted octanol–water partition coefficient (Wildman–Crippen LogP) is 3.84. The van der Waals surface area contributed by atoms with Crippen LogP contribution in [0.3, 0.4) is 0 Å². The Morgan fingerprint density at radius 3 is 2.72 bits per heavy atom. The normalized spacial score (nSPS) is 20.7. The van der Waals surface area contributed by atoms with Crippen molar-refractivity contribution in [3.8, 4) is 11.6 Å². The summed E-state index contributed by atoms with van der Waals surface area (Å²) in [4.78, 5) is 8.10. The largest absolute Gasteiger partial charge is 0.474 e. The zero-order valence-electron chi connectivity index (χ0n) is 15.8. The summed E-state index contributed by atoms with van der Waals surface area (Å²) in [7, 11) is 0. The van der Waals surface area contributed by atoms with Crippen LogP contribution in [0.1, 0.15) is 48.8 Å². The maximum absolute atomic E-state index is 6.21. The lowest BCUT2D eigenvalue weighted by Gasteiger charge is -2.28. The lowest BCUT2D eigenvalue weighted by Crippen LogP contribution is -2.25. The minimum Gasteiger partial charge on any atom is -0.474 e. The van der Waals surface area contributed by atoms with Crippen LogP contribution < -0.4 is 10.1 Å². The quantitative estimate of drug-likeness (QED) is 0.677. The van der Waals surface area contributed by atoms with Gasteiger partial charge >= 0.3 is 0 Å². The van der Waals surface area contributed by atoms with Gasteiger partial charge in [0.2, 0.25) is 5.88 Å². The molecule has 1 aromatic carbocycles. The molecular weight excluding hydrogens is 411 g/mol. The van der Waals surface area contributed by atoms with Gasteiger partial charge in [-0.15, -0.1) is 22.6 Å². The number of benzene rings is 1. The average molecular weight is 433 g/mol. The number of hydrogen-bond donors (Lipinski definition) is 1. The van der Waals surface area contributed by atoms with Gasteiger partial charge in [-0.2, -0.15) is 0 Å². The third-order valence-corrected chi connectivity index (χ3v) is 5.75. The highest BCUT2D eigenvalue weighted by atomic mass is 35.5. The van der Waals surface area contributed by atoms with Crippen LogP contribution in [-0.2, 0) is 13.1 Å². The van der Waals surface area contributed by atoms with Crippen molar-refractivity contribution in [2.45, 2.75) is 50.8 Å². The molecule has 3 aromatic rings. The molecule has 1 N–H and O–H groups in total. The van der Waals surface area contributed by atoms with Gasteiger partial charge < -0.3 is 10.1 Å². The Hall–Kier alpha value is -2.22. The standard InChI is InChI=1S/C20H21ClN6O.ClH/c21-15-3-6-17-14(9-15)10-23-11-18-25-26-20(27(17)18)13-1-4-16(5-2-13)28-19-7-8-22-12-24-19;/h3,6-9,12-13,16,23H,1-2,4-5,10-11H2;1H. The Morgan fingerprint density at radius 1 is 1.07 bits per heavy atom. The Kier molecular flexibility index (Phi) is 5.99. The fraction of sp³-hybridized carbons (Fsp3) is 0.400. The molecule has 0 amide bonds. The maximum atomic E-state index is 6.21. The summed E-state index contributed by atoms with van der Waals surface area (Å²) >= 11 is 6.21. The first-order chi connectivity index (χ1) is 13.8. The summed E-state index contributed by atoms with van der Waals surface area (Å²) in [5, 5.41) is 13.2. The predicted molar refractivity (Wildman–Crippen MR) is 112 cm³/mol. The van der Waals surface area contributed by atoms with E-state index < -0.39 is 0 Å². The topological polar surface area (TPSA) is 77.8 Å². The molecule has 1 aliphatic heterocycles. The van der Waals surface area contributed by atoms with E-state index in [2.05, 4.69) is 36.1 Å². The number of nitrogens with one attached hydrogen (secondary N) is 1. The van der Waals surface area contributed by atoms with Crippen molar-refractivity contribution in [3.05, 3.63) is 59.0 Å². The first-order valence-electron chi connectivity index (χ1n) is 9.64. The zero-order valence-corrected chi connectivity index (χ0v) is 17.4. The number of aromatic nitrogens is 5. The molecule has 1 aliphatic carbocycles. The van der Waals surface area contributed by atoms with Crippen LogP contribution in [-0.4, -0.2) is 30.8 Å². The fourth-order valence-corrected chi connectivity index (χ4v) is 4.35. The molecular formula is C20H22Cl2N6O. The van der Waals surface area contributed by atoms with Crippen molar-refractivity contribution < 1.29 is 4.74 Å². The van der Waals surface area contributed by atoms with Gasteiger partial charge in [-0.25, -0.2) is 9.97 Å². The van der Waals surface area contributed by atoms with Crippen LogP contribution in [0.4, 0.5) is 0 Å². The molecule has 0 saturated heterocycles. The molecule has 3 heterocycles. The van der Waals surface area contributed by atoms with Gasteiger partial charge in [0, 0.05) is 29.7 Å². The van der Waals surface area contributed by atoms with E-state index in [1.807, 2.05) is 12.1 Å². The van der Waals surface area contributed by atoms with Crippen LogP contribution >= 0.6 is 24.0 Å². The molecule has 5 rings (SSSR count). The highest BCUT2D eigenvalue weighted by molar-refractivity contribution is 6.30. The molecule has 0 unspecified atom stereocenters. The summed E-state index contributed by atoms with van der Waals surface area (Å²) in [5.41, 5.74) is 2.30. The zero-order chi connectivity index (χ0) is 18.9. The smallest absolute Gasteiger partial charge is 0.216 e. The van der Waals surface area contributed by atoms with Crippen LogP contribution in [0, 0.1) is 0 Å². The number of halogens is 2. The van der Waals surface area contributed by atoms with E-state index in [4.69, 9.17) is 16.3 Å². The second-order valence-corrected chi connectivity index (χ2v) is 7.76. The van der Waals surface area contributed by atoms with Gasteiger partial charge in [0.1, 0.15) is 18.3 Å². The summed E-state index contributed by atoms with van der Waals surface area (Å²) in [6, 6.07) is 7.84. The SMILES string of the molecule is Cl.Clc1ccc2c(c1)CNCc1nnc(C3CCC(Oc4ccncn4)CC3)n1-2. The van der Waals surface area contributed by atoms with Gasteiger partial charge in [-0.05, 0) is 49.4 Å². The number of ether oxygens (including phenoxy) is 1. The minimum absolute atomic E-state index is 0. The van der Waals surface area contributed by atoms with Gasteiger partial charge in [-0.1, -0.05) is 11.6 Å². The highest BCUT2D eigenvalue weighted by Gasteiger charge is 2.30. The van der Waals surface area contributed by atoms with Crippen molar-refractivity contribution in [1.29, 1.82) is 0 Å². The Balaban J connectivity index is 0.00000205. The third-order valence-electron chi connectivity index (χ3n) is 5.52. The summed E-state index contributed by atoms with van der Waals surface area (Å²) in [6.45, 7) is 1.48. The average Bonchev–Trinajstić information content (AvgIpc) is 3.05. The van der Waals surface area contributed by atoms with Crippen LogP contribution in [0.15, 0.2) is 36.8 Å². The third kappa shape index (κ3) is 4.08. The molecule has 0 atom stereocenters. The number of hydrogen-bond acceptors (Lipinski definition) is 6. The molecule has 29 heavy (non-hydrogen) atoms. The lowest BCUT2D eigenvalue weighted by atomic mass is 9.86. The highest BCUT2D eigenvalue weighted by Crippen LogP contribution is 2.36. The second kappa shape index (κ2) is 8.65. The van der Waals surface area contributed by atoms with Crippen LogP contribution in [0.2, 0.25) is 5.02 Å². The van der Waals surface area contributed by atoms with Crippen LogP contribution in [0.5, 0.6) is 5.88 Å². The number of fused-ring (bicyclic) bond motifs is 3. The van der Waals surface area contributed by atoms with Gasteiger partial charge in [0.15, 0.2) is 5.82 Å². The Morgan fingerprint density at radius 2 is 1.93 bits per heavy atom. The maximum Gasteiger partial charge on any atom is 0.216 e. The summed E-state index contributed by atoms with van der Waals surface area (Å²) in [5.74, 6) is 3.01. The first-order valence-corrected chi connectivity index (χ1v) is 10.0. The Bertz CT molecular complexity index is 972. The van der Waals surface area contributed by atoms with Crippen molar-refractivity contribution in [1.82, 2.24) is 30.0 Å². The van der Waals surface area contributed by atoms with Crippen molar-refractivity contribution >= 4 is 24.0 Å². The molecule has 7 nitrogen and oxygen atoms in total. The van der Waals surface area contributed by atoms with Crippen LogP contribution in [0.25, 0.3) is 5.69 Å². The van der Waals surface area contributed by atoms with E-state index >= 15 is 0 Å². The summed E-state index contributed by atoms with van der Waals surface area (Å²) < 4.78 is 8.23. The molecule has 1 saturated carbocycles. The van der Waals surface area contributed by atoms with E-state index in [0.29, 0.717) is 18.3 Å². The van der Waals surface area contributed by atoms with Gasteiger partial charge in [-0.3, -0.25) is 4.57 Å². The molecule has 9 heteroatoms. The molecule has 152 valence electrons. The summed E-state index contributed by atoms with van der Waals surface area (Å²) in [6.07, 6.45) is 7.39. The lowest BCUT2D eigenvalue weighted by molar-refractivity contribution is 0.138. The van der Waals surface area contributed by atoms with Gasteiger partial charge in [0.05, 0.1) is 12.2 Å². The van der Waals surface area contributed by atoms with E-state index in [0.717, 1.165) is 54.6 Å². The molecule has 0 spiro atoms. The molecule has 1 fully saturated rings. The number of nitrogens with zero attached hydrogens (tertiary/aromatic N) is 5. The molecule has 0 radical (unpaired) electrons. The minimum atomic E-state index is 0. The number of rotatable bonds is 3. The fourth-order valence-electron chi connectivity index (χ4n) is 4.15. The van der Waals surface area contributed by atoms with E-state index in [9.17, 15) is 0 Å². The van der Waals surface area contributed by atoms with Crippen molar-refractivity contribution in [2.75, 3.05) is 0 Å². The second-order valence-electron chi connectivity index (χ2n) is 7.33. The van der Waals surface area contributed by atoms with Gasteiger partial charge in [0.25, 0.3) is 0 Å². The molecule has 2 aromatic heterocycles. The van der Waals surface area contributed by atoms with Crippen molar-refractivity contribution in [2.24, 2.45) is 0 Å². The Labute approximate surface area is 180 Å². The van der Waals surface area contributed by atoms with E-state index in [1.165, 1.54) is 11.9 Å². The van der Waals surface area contributed by atoms with E-state index in [1.54, 1.807) is 12.3 Å².